The molecule has 0 radical (unpaired) electrons. The standard InChI is InChI=1S/C53H93N3O7/c1-38(2)21-18-22-39(3)43-27-28-44-42-26-25-40-37-41(29-31-52(40,10)45(42)30-32-53(43,44)11)61-47(58)24-19-23-46(57)56(36-20-34-55-49(60)63-51(7,8)9)35-17-15-13-12-14-16-33-54-48(59)62-50(4,5)6/h25,38-39,41-45H,12-24,26-37H2,1-11H3,(H,54,59)(H,55,60). The van der Waals surface area contributed by atoms with E-state index < -0.39 is 17.3 Å². The van der Waals surface area contributed by atoms with Gasteiger partial charge in [0.05, 0.1) is 0 Å². The summed E-state index contributed by atoms with van der Waals surface area (Å²) >= 11 is 0. The summed E-state index contributed by atoms with van der Waals surface area (Å²) in [4.78, 5) is 52.7. The van der Waals surface area contributed by atoms with E-state index in [4.69, 9.17) is 14.2 Å². The Labute approximate surface area is 384 Å². The number of amides is 3. The number of carbonyl (C=O) groups excluding carboxylic acids is 4. The van der Waals surface area contributed by atoms with Crippen LogP contribution in [-0.2, 0) is 23.8 Å². The lowest BCUT2D eigenvalue weighted by atomic mass is 9.47. The zero-order valence-electron chi connectivity index (χ0n) is 42.1. The van der Waals surface area contributed by atoms with E-state index in [-0.39, 0.29) is 35.9 Å². The van der Waals surface area contributed by atoms with E-state index in [9.17, 15) is 19.2 Å². The van der Waals surface area contributed by atoms with E-state index in [2.05, 4.69) is 51.3 Å². The number of allylic oxidation sites excluding steroid dienone is 1. The van der Waals surface area contributed by atoms with Gasteiger partial charge in [-0.15, -0.1) is 0 Å². The van der Waals surface area contributed by atoms with Gasteiger partial charge < -0.3 is 29.7 Å². The molecule has 0 saturated heterocycles. The minimum absolute atomic E-state index is 0.0429. The maximum absolute atomic E-state index is 13.5. The summed E-state index contributed by atoms with van der Waals surface area (Å²) in [5, 5.41) is 5.63. The summed E-state index contributed by atoms with van der Waals surface area (Å²) in [7, 11) is 0. The number of ether oxygens (including phenoxy) is 3. The molecule has 3 fully saturated rings. The number of hydrogen-bond acceptors (Lipinski definition) is 7. The molecule has 0 heterocycles. The summed E-state index contributed by atoms with van der Waals surface area (Å²) in [5.41, 5.74) is 1.16. The third-order valence-corrected chi connectivity index (χ3v) is 15.5. The maximum Gasteiger partial charge on any atom is 0.407 e. The zero-order valence-corrected chi connectivity index (χ0v) is 42.1. The smallest absolute Gasteiger partial charge is 0.407 e. The number of nitrogens with one attached hydrogen (secondary N) is 2. The SMILES string of the molecule is CC(C)CCCC(C)C1CCC2C3CC=C4CC(OC(=O)CCCC(=O)N(CCCCCCCCNC(=O)OC(C)(C)C)CCCNC(=O)OC(C)(C)C)CCC4(C)C3CCC12C. The van der Waals surface area contributed by atoms with Crippen LogP contribution in [0.1, 0.15) is 211 Å². The molecule has 4 rings (SSSR count). The van der Waals surface area contributed by atoms with Gasteiger partial charge in [0.1, 0.15) is 17.3 Å². The fraction of sp³-hybridized carbons (Fsp3) is 0.887. The number of hydrogen-bond donors (Lipinski definition) is 2. The van der Waals surface area contributed by atoms with Crippen molar-refractivity contribution in [3.63, 3.8) is 0 Å². The van der Waals surface area contributed by atoms with Crippen molar-refractivity contribution in [1.29, 1.82) is 0 Å². The third-order valence-electron chi connectivity index (χ3n) is 15.5. The van der Waals surface area contributed by atoms with Crippen molar-refractivity contribution in [1.82, 2.24) is 15.5 Å². The van der Waals surface area contributed by atoms with Gasteiger partial charge in [-0.3, -0.25) is 9.59 Å². The second kappa shape index (κ2) is 24.1. The predicted molar refractivity (Wildman–Crippen MR) is 254 cm³/mol. The summed E-state index contributed by atoms with van der Waals surface area (Å²) in [5.74, 6) is 4.71. The monoisotopic (exact) mass is 884 g/mol. The number of rotatable bonds is 23. The van der Waals surface area contributed by atoms with E-state index in [1.54, 1.807) is 0 Å². The Morgan fingerprint density at radius 2 is 1.33 bits per heavy atom. The van der Waals surface area contributed by atoms with Crippen molar-refractivity contribution in [3.8, 4) is 0 Å². The minimum Gasteiger partial charge on any atom is -0.462 e. The largest absolute Gasteiger partial charge is 0.462 e. The number of esters is 1. The Bertz CT molecular complexity index is 1500. The van der Waals surface area contributed by atoms with E-state index in [0.29, 0.717) is 50.9 Å². The zero-order chi connectivity index (χ0) is 46.4. The van der Waals surface area contributed by atoms with Gasteiger partial charge in [0.15, 0.2) is 0 Å². The van der Waals surface area contributed by atoms with E-state index in [1.165, 1.54) is 56.9 Å². The number of alkyl carbamates (subject to hydrolysis) is 2. The molecule has 0 bridgehead atoms. The van der Waals surface area contributed by atoms with Crippen LogP contribution in [0.4, 0.5) is 9.59 Å². The first kappa shape index (κ1) is 52.8. The second-order valence-corrected chi connectivity index (χ2v) is 23.2. The summed E-state index contributed by atoms with van der Waals surface area (Å²) in [6.07, 6.45) is 22.9. The first-order chi connectivity index (χ1) is 29.6. The van der Waals surface area contributed by atoms with E-state index >= 15 is 0 Å². The molecule has 362 valence electrons. The summed E-state index contributed by atoms with van der Waals surface area (Å²) in [6, 6.07) is 0. The van der Waals surface area contributed by atoms with Gasteiger partial charge in [-0.2, -0.15) is 0 Å². The highest BCUT2D eigenvalue weighted by Gasteiger charge is 2.59. The van der Waals surface area contributed by atoms with Gasteiger partial charge in [0, 0.05) is 45.4 Å². The van der Waals surface area contributed by atoms with Crippen LogP contribution in [0, 0.1) is 46.3 Å². The maximum atomic E-state index is 13.5. The molecule has 0 aromatic rings. The van der Waals surface area contributed by atoms with Gasteiger partial charge >= 0.3 is 18.2 Å². The molecular formula is C53H93N3O7. The quantitative estimate of drug-likeness (QED) is 0.0453. The second-order valence-electron chi connectivity index (χ2n) is 23.2. The molecule has 3 amide bonds. The van der Waals surface area contributed by atoms with Crippen LogP contribution in [0.15, 0.2) is 11.6 Å². The number of unbranched alkanes of at least 4 members (excludes halogenated alkanes) is 5. The highest BCUT2D eigenvalue weighted by Crippen LogP contribution is 2.67. The van der Waals surface area contributed by atoms with Gasteiger partial charge in [0.2, 0.25) is 5.91 Å². The Hall–Kier alpha value is -2.78. The van der Waals surface area contributed by atoms with Gasteiger partial charge in [0.25, 0.3) is 0 Å². The molecule has 10 heteroatoms. The van der Waals surface area contributed by atoms with Crippen LogP contribution >= 0.6 is 0 Å². The average Bonchev–Trinajstić information content (AvgIpc) is 3.54. The first-order valence-corrected chi connectivity index (χ1v) is 25.7. The molecular weight excluding hydrogens is 791 g/mol. The lowest BCUT2D eigenvalue weighted by molar-refractivity contribution is -0.151. The van der Waals surface area contributed by atoms with Crippen LogP contribution in [0.3, 0.4) is 0 Å². The fourth-order valence-electron chi connectivity index (χ4n) is 12.3. The van der Waals surface area contributed by atoms with Crippen LogP contribution in [0.5, 0.6) is 0 Å². The Balaban J connectivity index is 1.20. The van der Waals surface area contributed by atoms with Crippen molar-refractivity contribution < 1.29 is 33.4 Å². The highest BCUT2D eigenvalue weighted by atomic mass is 16.6. The molecule has 0 aromatic carbocycles. The van der Waals surface area contributed by atoms with Crippen molar-refractivity contribution >= 4 is 24.1 Å². The number of nitrogens with zero attached hydrogens (tertiary/aromatic N) is 1. The Morgan fingerprint density at radius 3 is 1.98 bits per heavy atom. The van der Waals surface area contributed by atoms with Crippen molar-refractivity contribution in [3.05, 3.63) is 11.6 Å². The first-order valence-electron chi connectivity index (χ1n) is 25.7. The predicted octanol–water partition coefficient (Wildman–Crippen LogP) is 12.7. The lowest BCUT2D eigenvalue weighted by Gasteiger charge is -2.58. The van der Waals surface area contributed by atoms with Crippen LogP contribution in [0.2, 0.25) is 0 Å². The summed E-state index contributed by atoms with van der Waals surface area (Å²) in [6.45, 7) is 25.7. The number of fused-ring (bicyclic) bond motifs is 5. The van der Waals surface area contributed by atoms with Crippen LogP contribution in [-0.4, -0.2) is 72.4 Å². The molecule has 0 aliphatic heterocycles. The minimum atomic E-state index is -0.570. The highest BCUT2D eigenvalue weighted by molar-refractivity contribution is 5.77. The normalized spacial score (nSPS) is 27.3. The van der Waals surface area contributed by atoms with E-state index in [0.717, 1.165) is 93.3 Å². The average molecular weight is 884 g/mol. The fourth-order valence-corrected chi connectivity index (χ4v) is 12.3. The molecule has 3 saturated carbocycles. The molecule has 8 atom stereocenters. The molecule has 4 aliphatic rings. The van der Waals surface area contributed by atoms with Crippen molar-refractivity contribution in [2.75, 3.05) is 26.2 Å². The molecule has 4 aliphatic carbocycles. The van der Waals surface area contributed by atoms with E-state index in [1.807, 2.05) is 46.4 Å². The molecule has 10 nitrogen and oxygen atoms in total. The van der Waals surface area contributed by atoms with Crippen molar-refractivity contribution in [2.24, 2.45) is 46.3 Å². The van der Waals surface area contributed by atoms with Crippen molar-refractivity contribution in [2.45, 2.75) is 228 Å². The Morgan fingerprint density at radius 1 is 0.714 bits per heavy atom. The molecule has 0 spiro atoms. The van der Waals surface area contributed by atoms with Crippen LogP contribution < -0.4 is 10.6 Å². The molecule has 2 N–H and O–H groups in total. The lowest BCUT2D eigenvalue weighted by Crippen LogP contribution is -2.51. The number of carbonyl (C=O) groups is 4. The molecule has 8 unspecified atom stereocenters. The van der Waals surface area contributed by atoms with Gasteiger partial charge in [-0.1, -0.05) is 91.2 Å². The molecule has 63 heavy (non-hydrogen) atoms. The molecule has 0 aromatic heterocycles. The van der Waals surface area contributed by atoms with Gasteiger partial charge in [-0.25, -0.2) is 9.59 Å². The van der Waals surface area contributed by atoms with Crippen LogP contribution in [0.25, 0.3) is 0 Å². The topological polar surface area (TPSA) is 123 Å². The van der Waals surface area contributed by atoms with Gasteiger partial charge in [-0.05, 0) is 159 Å². The third kappa shape index (κ3) is 16.6. The Kier molecular flexibility index (Phi) is 20.2. The summed E-state index contributed by atoms with van der Waals surface area (Å²) < 4.78 is 16.8.